The lowest BCUT2D eigenvalue weighted by Gasteiger charge is -2.09. The van der Waals surface area contributed by atoms with Crippen LogP contribution in [-0.4, -0.2) is 21.9 Å². The normalized spacial score (nSPS) is 10.4. The fraction of sp³-hybridized carbons (Fsp3) is 0.267. The number of carbonyl (C=O) groups excluding carboxylic acids is 1. The Labute approximate surface area is 118 Å². The zero-order chi connectivity index (χ0) is 14.5. The van der Waals surface area contributed by atoms with Gasteiger partial charge in [0.1, 0.15) is 17.8 Å². The van der Waals surface area contributed by atoms with Crippen LogP contribution in [0.4, 0.5) is 11.5 Å². The standard InChI is InChI=1S/C15H18N4O/c1-10(2)18-15(20)13-8-14(17-9-16-13)19-12-6-4-5-11(3)7-12/h4-10H,1-3H3,(H,18,20)(H,16,17,19). The lowest BCUT2D eigenvalue weighted by Crippen LogP contribution is -2.30. The van der Waals surface area contributed by atoms with Crippen molar-refractivity contribution in [3.05, 3.63) is 47.9 Å². The maximum absolute atomic E-state index is 11.9. The molecule has 20 heavy (non-hydrogen) atoms. The first-order valence-corrected chi connectivity index (χ1v) is 6.51. The number of amides is 1. The molecule has 1 aromatic heterocycles. The molecule has 0 aliphatic heterocycles. The summed E-state index contributed by atoms with van der Waals surface area (Å²) in [6.45, 7) is 5.84. The summed E-state index contributed by atoms with van der Waals surface area (Å²) in [7, 11) is 0. The quantitative estimate of drug-likeness (QED) is 0.896. The fourth-order valence-corrected chi connectivity index (χ4v) is 1.76. The maximum Gasteiger partial charge on any atom is 0.270 e. The highest BCUT2D eigenvalue weighted by atomic mass is 16.1. The summed E-state index contributed by atoms with van der Waals surface area (Å²) < 4.78 is 0. The number of hydrogen-bond donors (Lipinski definition) is 2. The number of aryl methyl sites for hydroxylation is 1. The molecule has 0 bridgehead atoms. The highest BCUT2D eigenvalue weighted by Gasteiger charge is 2.09. The van der Waals surface area contributed by atoms with Crippen molar-refractivity contribution in [1.29, 1.82) is 0 Å². The molecule has 1 amide bonds. The Morgan fingerprint density at radius 2 is 2.00 bits per heavy atom. The van der Waals surface area contributed by atoms with Crippen LogP contribution in [0.15, 0.2) is 36.7 Å². The Bertz CT molecular complexity index is 610. The van der Waals surface area contributed by atoms with Crippen LogP contribution in [-0.2, 0) is 0 Å². The molecule has 5 nitrogen and oxygen atoms in total. The molecule has 1 heterocycles. The first-order chi connectivity index (χ1) is 9.54. The van der Waals surface area contributed by atoms with Crippen molar-refractivity contribution in [2.75, 3.05) is 5.32 Å². The number of nitrogens with one attached hydrogen (secondary N) is 2. The van der Waals surface area contributed by atoms with Crippen LogP contribution < -0.4 is 10.6 Å². The van der Waals surface area contributed by atoms with E-state index in [-0.39, 0.29) is 11.9 Å². The third-order valence-corrected chi connectivity index (χ3v) is 2.61. The molecular formula is C15H18N4O. The average molecular weight is 270 g/mol. The van der Waals surface area contributed by atoms with Crippen molar-refractivity contribution in [2.24, 2.45) is 0 Å². The zero-order valence-corrected chi connectivity index (χ0v) is 11.8. The van der Waals surface area contributed by atoms with Gasteiger partial charge in [0.05, 0.1) is 0 Å². The maximum atomic E-state index is 11.9. The second-order valence-electron chi connectivity index (χ2n) is 4.91. The Balaban J connectivity index is 2.15. The fourth-order valence-electron chi connectivity index (χ4n) is 1.76. The third-order valence-electron chi connectivity index (χ3n) is 2.61. The van der Waals surface area contributed by atoms with Crippen LogP contribution in [0.3, 0.4) is 0 Å². The van der Waals surface area contributed by atoms with Gasteiger partial charge >= 0.3 is 0 Å². The van der Waals surface area contributed by atoms with E-state index in [9.17, 15) is 4.79 Å². The molecule has 2 N–H and O–H groups in total. The number of hydrogen-bond acceptors (Lipinski definition) is 4. The van der Waals surface area contributed by atoms with E-state index in [0.717, 1.165) is 11.3 Å². The molecule has 5 heteroatoms. The molecule has 1 aromatic carbocycles. The van der Waals surface area contributed by atoms with Crippen LogP contribution in [0.1, 0.15) is 29.9 Å². The highest BCUT2D eigenvalue weighted by molar-refractivity contribution is 5.93. The Kier molecular flexibility index (Phi) is 4.30. The molecule has 0 spiro atoms. The Morgan fingerprint density at radius 3 is 2.70 bits per heavy atom. The van der Waals surface area contributed by atoms with Crippen LogP contribution in [0.5, 0.6) is 0 Å². The van der Waals surface area contributed by atoms with E-state index in [0.29, 0.717) is 11.5 Å². The molecule has 0 saturated carbocycles. The molecule has 0 unspecified atom stereocenters. The summed E-state index contributed by atoms with van der Waals surface area (Å²) in [6.07, 6.45) is 1.38. The Morgan fingerprint density at radius 1 is 1.20 bits per heavy atom. The minimum atomic E-state index is -0.199. The molecule has 0 saturated heterocycles. The van der Waals surface area contributed by atoms with E-state index < -0.39 is 0 Å². The topological polar surface area (TPSA) is 66.9 Å². The largest absolute Gasteiger partial charge is 0.349 e. The summed E-state index contributed by atoms with van der Waals surface area (Å²) in [5.41, 5.74) is 2.43. The zero-order valence-electron chi connectivity index (χ0n) is 11.8. The number of anilines is 2. The number of aromatic nitrogens is 2. The van der Waals surface area contributed by atoms with Crippen LogP contribution in [0.2, 0.25) is 0 Å². The van der Waals surface area contributed by atoms with Gasteiger partial charge in [0.15, 0.2) is 0 Å². The van der Waals surface area contributed by atoms with Gasteiger partial charge in [-0.05, 0) is 38.5 Å². The second kappa shape index (κ2) is 6.14. The van der Waals surface area contributed by atoms with Gasteiger partial charge in [0.25, 0.3) is 5.91 Å². The van der Waals surface area contributed by atoms with Crippen molar-refractivity contribution in [1.82, 2.24) is 15.3 Å². The minimum Gasteiger partial charge on any atom is -0.349 e. The van der Waals surface area contributed by atoms with Crippen molar-refractivity contribution in [3.8, 4) is 0 Å². The van der Waals surface area contributed by atoms with Crippen LogP contribution in [0.25, 0.3) is 0 Å². The van der Waals surface area contributed by atoms with Gasteiger partial charge in [-0.15, -0.1) is 0 Å². The molecule has 0 aliphatic rings. The van der Waals surface area contributed by atoms with Crippen LogP contribution >= 0.6 is 0 Å². The predicted octanol–water partition coefficient (Wildman–Crippen LogP) is 2.67. The van der Waals surface area contributed by atoms with Gasteiger partial charge in [-0.2, -0.15) is 0 Å². The second-order valence-corrected chi connectivity index (χ2v) is 4.91. The first kappa shape index (κ1) is 14.0. The minimum absolute atomic E-state index is 0.0747. The molecular weight excluding hydrogens is 252 g/mol. The van der Waals surface area contributed by atoms with Gasteiger partial charge in [-0.25, -0.2) is 9.97 Å². The number of rotatable bonds is 4. The van der Waals surface area contributed by atoms with E-state index in [4.69, 9.17) is 0 Å². The summed E-state index contributed by atoms with van der Waals surface area (Å²) in [5, 5.41) is 5.96. The molecule has 2 aromatic rings. The van der Waals surface area contributed by atoms with Gasteiger partial charge in [-0.1, -0.05) is 12.1 Å². The lowest BCUT2D eigenvalue weighted by molar-refractivity contribution is 0.0938. The summed E-state index contributed by atoms with van der Waals surface area (Å²) in [4.78, 5) is 20.0. The van der Waals surface area contributed by atoms with Gasteiger partial charge in [-0.3, -0.25) is 4.79 Å². The summed E-state index contributed by atoms with van der Waals surface area (Å²) in [6, 6.07) is 9.65. The SMILES string of the molecule is Cc1cccc(Nc2cc(C(=O)NC(C)C)ncn2)c1. The van der Waals surface area contributed by atoms with Crippen molar-refractivity contribution >= 4 is 17.4 Å². The van der Waals surface area contributed by atoms with E-state index in [1.165, 1.54) is 6.33 Å². The monoisotopic (exact) mass is 270 g/mol. The van der Waals surface area contributed by atoms with Crippen LogP contribution in [0, 0.1) is 6.92 Å². The predicted molar refractivity (Wildman–Crippen MR) is 79.1 cm³/mol. The third kappa shape index (κ3) is 3.78. The van der Waals surface area contributed by atoms with E-state index in [1.807, 2.05) is 45.0 Å². The summed E-state index contributed by atoms with van der Waals surface area (Å²) in [5.74, 6) is 0.397. The molecule has 0 radical (unpaired) electrons. The lowest BCUT2D eigenvalue weighted by atomic mass is 10.2. The molecule has 0 fully saturated rings. The van der Waals surface area contributed by atoms with Gasteiger partial charge in [0, 0.05) is 17.8 Å². The smallest absolute Gasteiger partial charge is 0.270 e. The number of nitrogens with zero attached hydrogens (tertiary/aromatic N) is 2. The molecule has 104 valence electrons. The van der Waals surface area contributed by atoms with Gasteiger partial charge < -0.3 is 10.6 Å². The number of carbonyl (C=O) groups is 1. The van der Waals surface area contributed by atoms with Crippen molar-refractivity contribution in [3.63, 3.8) is 0 Å². The average Bonchev–Trinajstić information content (AvgIpc) is 2.38. The van der Waals surface area contributed by atoms with Gasteiger partial charge in [0.2, 0.25) is 0 Å². The van der Waals surface area contributed by atoms with E-state index >= 15 is 0 Å². The molecule has 2 rings (SSSR count). The summed E-state index contributed by atoms with van der Waals surface area (Å²) >= 11 is 0. The highest BCUT2D eigenvalue weighted by Crippen LogP contribution is 2.15. The van der Waals surface area contributed by atoms with Crippen molar-refractivity contribution in [2.45, 2.75) is 26.8 Å². The molecule has 0 aliphatic carbocycles. The molecule has 0 atom stereocenters. The van der Waals surface area contributed by atoms with Crippen molar-refractivity contribution < 1.29 is 4.79 Å². The van der Waals surface area contributed by atoms with E-state index in [1.54, 1.807) is 6.07 Å². The first-order valence-electron chi connectivity index (χ1n) is 6.51. The van der Waals surface area contributed by atoms with E-state index in [2.05, 4.69) is 20.6 Å². The Hall–Kier alpha value is -2.43. The number of benzene rings is 1.